The Morgan fingerprint density at radius 3 is 2.59 bits per heavy atom. The first-order valence-electron chi connectivity index (χ1n) is 7.68. The van der Waals surface area contributed by atoms with Crippen molar-refractivity contribution in [1.29, 1.82) is 0 Å². The summed E-state index contributed by atoms with van der Waals surface area (Å²) in [6.45, 7) is 11.0. The predicted octanol–water partition coefficient (Wildman–Crippen LogP) is 2.39. The van der Waals surface area contributed by atoms with Crippen molar-refractivity contribution in [3.63, 3.8) is 0 Å². The molecule has 0 bridgehead atoms. The predicted molar refractivity (Wildman–Crippen MR) is 84.9 cm³/mol. The van der Waals surface area contributed by atoms with Crippen LogP contribution >= 0.6 is 0 Å². The highest BCUT2D eigenvalue weighted by molar-refractivity contribution is 5.88. The van der Waals surface area contributed by atoms with Crippen molar-refractivity contribution in [2.45, 2.75) is 26.2 Å². The van der Waals surface area contributed by atoms with Crippen LogP contribution < -0.4 is 4.74 Å². The fourth-order valence-electron chi connectivity index (χ4n) is 2.50. The number of hydrogen-bond donors (Lipinski definition) is 1. The molecule has 0 spiro atoms. The van der Waals surface area contributed by atoms with Gasteiger partial charge in [0, 0.05) is 19.6 Å². The largest absolute Gasteiger partial charge is 0.492 e. The number of ether oxygens (including phenoxy) is 2. The fourth-order valence-corrected chi connectivity index (χ4v) is 2.50. The Hall–Kier alpha value is -1.59. The van der Waals surface area contributed by atoms with E-state index in [1.807, 2.05) is 6.07 Å². The highest BCUT2D eigenvalue weighted by Crippen LogP contribution is 2.32. The van der Waals surface area contributed by atoms with Crippen molar-refractivity contribution in [3.05, 3.63) is 29.3 Å². The third kappa shape index (κ3) is 4.45. The zero-order valence-electron chi connectivity index (χ0n) is 13.6. The molecule has 1 heterocycles. The molecule has 5 heteroatoms. The number of rotatable bonds is 5. The average molecular weight is 307 g/mol. The molecule has 1 N–H and O–H groups in total. The highest BCUT2D eigenvalue weighted by atomic mass is 16.5. The Morgan fingerprint density at radius 2 is 2.00 bits per heavy atom. The molecule has 1 aliphatic rings. The first-order chi connectivity index (χ1) is 10.4. The molecule has 0 aromatic heterocycles. The van der Waals surface area contributed by atoms with Gasteiger partial charge in [0.1, 0.15) is 12.4 Å². The quantitative estimate of drug-likeness (QED) is 0.905. The van der Waals surface area contributed by atoms with Crippen LogP contribution in [0.25, 0.3) is 0 Å². The van der Waals surface area contributed by atoms with Crippen molar-refractivity contribution in [3.8, 4) is 5.75 Å². The Balaban J connectivity index is 2.06. The summed E-state index contributed by atoms with van der Waals surface area (Å²) < 4.78 is 11.2. The maximum absolute atomic E-state index is 11.2. The number of hydrogen-bond acceptors (Lipinski definition) is 4. The Bertz CT molecular complexity index is 516. The molecule has 1 aromatic carbocycles. The maximum atomic E-state index is 11.2. The molecule has 22 heavy (non-hydrogen) atoms. The van der Waals surface area contributed by atoms with Crippen molar-refractivity contribution >= 4 is 5.97 Å². The van der Waals surface area contributed by atoms with E-state index in [-0.39, 0.29) is 11.0 Å². The van der Waals surface area contributed by atoms with E-state index in [4.69, 9.17) is 14.6 Å². The van der Waals surface area contributed by atoms with Crippen LogP contribution in [-0.2, 0) is 10.2 Å². The molecule has 1 aromatic rings. The summed E-state index contributed by atoms with van der Waals surface area (Å²) in [6, 6.07) is 5.12. The highest BCUT2D eigenvalue weighted by Gasteiger charge is 2.21. The van der Waals surface area contributed by atoms with Gasteiger partial charge >= 0.3 is 5.97 Å². The van der Waals surface area contributed by atoms with E-state index >= 15 is 0 Å². The molecule has 5 nitrogen and oxygen atoms in total. The van der Waals surface area contributed by atoms with Gasteiger partial charge in [-0.2, -0.15) is 0 Å². The fraction of sp³-hybridized carbons (Fsp3) is 0.588. The smallest absolute Gasteiger partial charge is 0.335 e. The van der Waals surface area contributed by atoms with Gasteiger partial charge in [-0.1, -0.05) is 26.8 Å². The summed E-state index contributed by atoms with van der Waals surface area (Å²) in [7, 11) is 0. The van der Waals surface area contributed by atoms with Gasteiger partial charge in [0.2, 0.25) is 0 Å². The molecule has 2 rings (SSSR count). The summed E-state index contributed by atoms with van der Waals surface area (Å²) in [5, 5.41) is 9.15. The summed E-state index contributed by atoms with van der Waals surface area (Å²) in [4.78, 5) is 13.5. The molecule has 0 amide bonds. The number of carboxylic acid groups (broad SMARTS) is 1. The topological polar surface area (TPSA) is 59.0 Å². The molecular weight excluding hydrogens is 282 g/mol. The van der Waals surface area contributed by atoms with Gasteiger partial charge in [0.25, 0.3) is 0 Å². The summed E-state index contributed by atoms with van der Waals surface area (Å²) in [5.74, 6) is -0.265. The molecule has 1 fully saturated rings. The van der Waals surface area contributed by atoms with Gasteiger partial charge in [-0.25, -0.2) is 4.79 Å². The second-order valence-electron chi connectivity index (χ2n) is 6.57. The lowest BCUT2D eigenvalue weighted by molar-refractivity contribution is 0.0321. The lowest BCUT2D eigenvalue weighted by atomic mass is 9.86. The van der Waals surface area contributed by atoms with Crippen LogP contribution in [0.5, 0.6) is 5.75 Å². The van der Waals surface area contributed by atoms with Gasteiger partial charge in [-0.05, 0) is 23.1 Å². The molecule has 0 aliphatic carbocycles. The molecule has 0 atom stereocenters. The number of aromatic carboxylic acids is 1. The van der Waals surface area contributed by atoms with E-state index in [0.717, 1.165) is 38.4 Å². The Labute approximate surface area is 131 Å². The van der Waals surface area contributed by atoms with Crippen LogP contribution in [0.2, 0.25) is 0 Å². The minimum absolute atomic E-state index is 0.0919. The average Bonchev–Trinajstić information content (AvgIpc) is 2.47. The van der Waals surface area contributed by atoms with Crippen LogP contribution in [0.1, 0.15) is 36.7 Å². The maximum Gasteiger partial charge on any atom is 0.335 e. The third-order valence-corrected chi connectivity index (χ3v) is 3.81. The standard InChI is InChI=1S/C17H25NO4/c1-17(2,3)14-5-4-13(16(19)20)12-15(14)22-11-8-18-6-9-21-10-7-18/h4-5,12H,6-11H2,1-3H3,(H,19,20). The Morgan fingerprint density at radius 1 is 1.32 bits per heavy atom. The second-order valence-corrected chi connectivity index (χ2v) is 6.57. The van der Waals surface area contributed by atoms with E-state index in [9.17, 15) is 4.79 Å². The molecular formula is C17H25NO4. The number of nitrogens with zero attached hydrogens (tertiary/aromatic N) is 1. The van der Waals surface area contributed by atoms with Crippen LogP contribution in [0, 0.1) is 0 Å². The van der Waals surface area contributed by atoms with E-state index in [1.54, 1.807) is 12.1 Å². The molecule has 0 radical (unpaired) electrons. The minimum Gasteiger partial charge on any atom is -0.492 e. The van der Waals surface area contributed by atoms with Crippen molar-refractivity contribution in [1.82, 2.24) is 4.90 Å². The van der Waals surface area contributed by atoms with Gasteiger partial charge in [0.05, 0.1) is 18.8 Å². The van der Waals surface area contributed by atoms with E-state index in [1.165, 1.54) is 0 Å². The van der Waals surface area contributed by atoms with E-state index in [0.29, 0.717) is 12.4 Å². The number of morpholine rings is 1. The van der Waals surface area contributed by atoms with Crippen molar-refractivity contribution < 1.29 is 19.4 Å². The van der Waals surface area contributed by atoms with Crippen LogP contribution in [0.3, 0.4) is 0 Å². The van der Waals surface area contributed by atoms with E-state index < -0.39 is 5.97 Å². The first kappa shape index (κ1) is 16.8. The van der Waals surface area contributed by atoms with Gasteiger partial charge in [-0.15, -0.1) is 0 Å². The number of carboxylic acids is 1. The molecule has 1 aliphatic heterocycles. The number of carbonyl (C=O) groups is 1. The Kier molecular flexibility index (Phi) is 5.42. The molecule has 0 saturated carbocycles. The van der Waals surface area contributed by atoms with Crippen LogP contribution in [0.15, 0.2) is 18.2 Å². The summed E-state index contributed by atoms with van der Waals surface area (Å²) >= 11 is 0. The van der Waals surface area contributed by atoms with Crippen molar-refractivity contribution in [2.24, 2.45) is 0 Å². The summed E-state index contributed by atoms with van der Waals surface area (Å²) in [6.07, 6.45) is 0. The lowest BCUT2D eigenvalue weighted by Crippen LogP contribution is -2.38. The minimum atomic E-state index is -0.932. The van der Waals surface area contributed by atoms with Crippen molar-refractivity contribution in [2.75, 3.05) is 39.5 Å². The van der Waals surface area contributed by atoms with E-state index in [2.05, 4.69) is 25.7 Å². The lowest BCUT2D eigenvalue weighted by Gasteiger charge is -2.27. The normalized spacial score (nSPS) is 16.5. The van der Waals surface area contributed by atoms with Crippen LogP contribution in [0.4, 0.5) is 0 Å². The zero-order valence-corrected chi connectivity index (χ0v) is 13.6. The zero-order chi connectivity index (χ0) is 16.2. The molecule has 122 valence electrons. The van der Waals surface area contributed by atoms with Gasteiger partial charge in [0.15, 0.2) is 0 Å². The summed E-state index contributed by atoms with van der Waals surface area (Å²) in [5.41, 5.74) is 1.19. The van der Waals surface area contributed by atoms with Crippen LogP contribution in [-0.4, -0.2) is 55.4 Å². The monoisotopic (exact) mass is 307 g/mol. The van der Waals surface area contributed by atoms with Gasteiger partial charge < -0.3 is 14.6 Å². The SMILES string of the molecule is CC(C)(C)c1ccc(C(=O)O)cc1OCCN1CCOCC1. The second kappa shape index (κ2) is 7.11. The first-order valence-corrected chi connectivity index (χ1v) is 7.68. The molecule has 1 saturated heterocycles. The third-order valence-electron chi connectivity index (χ3n) is 3.81. The van der Waals surface area contributed by atoms with Gasteiger partial charge in [-0.3, -0.25) is 4.90 Å². The molecule has 0 unspecified atom stereocenters. The number of benzene rings is 1.